The van der Waals surface area contributed by atoms with E-state index in [-0.39, 0.29) is 5.91 Å². The SMILES string of the molecule is O=C1CCC2(CCN(Cc3cccs3)CC2)CN1. The van der Waals surface area contributed by atoms with Crippen LogP contribution in [0.4, 0.5) is 0 Å². The number of nitrogens with zero attached hydrogens (tertiary/aromatic N) is 1. The van der Waals surface area contributed by atoms with Gasteiger partial charge in [0.1, 0.15) is 0 Å². The van der Waals surface area contributed by atoms with Crippen LogP contribution >= 0.6 is 11.3 Å². The first-order valence-corrected chi connectivity index (χ1v) is 7.65. The van der Waals surface area contributed by atoms with Gasteiger partial charge in [-0.1, -0.05) is 6.07 Å². The van der Waals surface area contributed by atoms with Crippen LogP contribution in [0.1, 0.15) is 30.6 Å². The molecule has 1 aromatic rings. The Balaban J connectivity index is 1.53. The highest BCUT2D eigenvalue weighted by Gasteiger charge is 2.37. The second-order valence-corrected chi connectivity index (χ2v) is 6.66. The highest BCUT2D eigenvalue weighted by atomic mass is 32.1. The summed E-state index contributed by atoms with van der Waals surface area (Å²) in [5.41, 5.74) is 0.403. The number of thiophene rings is 1. The Kier molecular flexibility index (Phi) is 3.39. The van der Waals surface area contributed by atoms with Crippen LogP contribution in [0.5, 0.6) is 0 Å². The molecule has 0 atom stereocenters. The molecule has 0 radical (unpaired) electrons. The molecule has 2 aliphatic rings. The van der Waals surface area contributed by atoms with Crippen LogP contribution in [-0.4, -0.2) is 30.4 Å². The predicted octanol–water partition coefficient (Wildman–Crippen LogP) is 2.24. The minimum atomic E-state index is 0.238. The highest BCUT2D eigenvalue weighted by Crippen LogP contribution is 2.37. The van der Waals surface area contributed by atoms with Crippen molar-refractivity contribution in [3.05, 3.63) is 22.4 Å². The number of rotatable bonds is 2. The minimum Gasteiger partial charge on any atom is -0.356 e. The van der Waals surface area contributed by atoms with Gasteiger partial charge in [-0.2, -0.15) is 0 Å². The molecule has 1 N–H and O–H groups in total. The third kappa shape index (κ3) is 2.59. The number of carbonyl (C=O) groups is 1. The Morgan fingerprint density at radius 3 is 2.78 bits per heavy atom. The quantitative estimate of drug-likeness (QED) is 0.888. The Labute approximate surface area is 112 Å². The second kappa shape index (κ2) is 5.02. The van der Waals surface area contributed by atoms with Gasteiger partial charge in [0.15, 0.2) is 0 Å². The van der Waals surface area contributed by atoms with Crippen molar-refractivity contribution < 1.29 is 4.79 Å². The molecule has 0 saturated carbocycles. The maximum Gasteiger partial charge on any atom is 0.220 e. The van der Waals surface area contributed by atoms with Crippen LogP contribution in [0.25, 0.3) is 0 Å². The average Bonchev–Trinajstić information content (AvgIpc) is 2.89. The maximum atomic E-state index is 11.2. The lowest BCUT2D eigenvalue weighted by Crippen LogP contribution is -2.49. The summed E-state index contributed by atoms with van der Waals surface area (Å²) in [6.45, 7) is 4.35. The van der Waals surface area contributed by atoms with Gasteiger partial charge in [0.2, 0.25) is 5.91 Å². The van der Waals surface area contributed by atoms with Gasteiger partial charge >= 0.3 is 0 Å². The van der Waals surface area contributed by atoms with Crippen LogP contribution < -0.4 is 5.32 Å². The molecule has 3 heterocycles. The molecular formula is C14H20N2OS. The summed E-state index contributed by atoms with van der Waals surface area (Å²) in [4.78, 5) is 15.3. The van der Waals surface area contributed by atoms with Gasteiger partial charge in [-0.15, -0.1) is 11.3 Å². The molecule has 0 bridgehead atoms. The summed E-state index contributed by atoms with van der Waals surface area (Å²) in [6.07, 6.45) is 4.29. The van der Waals surface area contributed by atoms with Crippen LogP contribution in [0, 0.1) is 5.41 Å². The molecule has 1 aromatic heterocycles. The number of piperidine rings is 2. The van der Waals surface area contributed by atoms with E-state index in [0.717, 1.165) is 25.9 Å². The number of amides is 1. The van der Waals surface area contributed by atoms with Crippen LogP contribution in [0.2, 0.25) is 0 Å². The number of carbonyl (C=O) groups excluding carboxylic acids is 1. The number of likely N-dealkylation sites (tertiary alicyclic amines) is 1. The molecule has 2 saturated heterocycles. The van der Waals surface area contributed by atoms with Crippen molar-refractivity contribution in [1.29, 1.82) is 0 Å². The smallest absolute Gasteiger partial charge is 0.220 e. The van der Waals surface area contributed by atoms with Crippen molar-refractivity contribution in [1.82, 2.24) is 10.2 Å². The van der Waals surface area contributed by atoms with Crippen molar-refractivity contribution in [2.45, 2.75) is 32.2 Å². The van der Waals surface area contributed by atoms with E-state index in [4.69, 9.17) is 0 Å². The number of hydrogen-bond donors (Lipinski definition) is 1. The molecule has 98 valence electrons. The van der Waals surface area contributed by atoms with Crippen molar-refractivity contribution in [3.63, 3.8) is 0 Å². The molecule has 2 fully saturated rings. The average molecular weight is 264 g/mol. The van der Waals surface area contributed by atoms with Crippen molar-refractivity contribution in [2.75, 3.05) is 19.6 Å². The predicted molar refractivity (Wildman–Crippen MR) is 73.5 cm³/mol. The Morgan fingerprint density at radius 2 is 2.17 bits per heavy atom. The van der Waals surface area contributed by atoms with Crippen molar-refractivity contribution in [2.24, 2.45) is 5.41 Å². The fraction of sp³-hybridized carbons (Fsp3) is 0.643. The summed E-state index contributed by atoms with van der Waals surface area (Å²) in [6, 6.07) is 4.35. The van der Waals surface area contributed by atoms with E-state index in [9.17, 15) is 4.79 Å². The van der Waals surface area contributed by atoms with E-state index in [1.165, 1.54) is 30.8 Å². The molecule has 3 nitrogen and oxygen atoms in total. The van der Waals surface area contributed by atoms with E-state index < -0.39 is 0 Å². The molecule has 1 spiro atoms. The highest BCUT2D eigenvalue weighted by molar-refractivity contribution is 7.09. The van der Waals surface area contributed by atoms with Gasteiger partial charge < -0.3 is 5.32 Å². The minimum absolute atomic E-state index is 0.238. The zero-order chi connectivity index (χ0) is 12.4. The summed E-state index contributed by atoms with van der Waals surface area (Å²) < 4.78 is 0. The Morgan fingerprint density at radius 1 is 1.33 bits per heavy atom. The third-order valence-corrected chi connectivity index (χ3v) is 5.28. The summed E-state index contributed by atoms with van der Waals surface area (Å²) in [7, 11) is 0. The first-order chi connectivity index (χ1) is 8.76. The lowest BCUT2D eigenvalue weighted by atomic mass is 9.73. The van der Waals surface area contributed by atoms with E-state index in [0.29, 0.717) is 5.41 Å². The monoisotopic (exact) mass is 264 g/mol. The zero-order valence-corrected chi connectivity index (χ0v) is 11.5. The molecule has 2 aliphatic heterocycles. The normalized spacial score (nSPS) is 24.1. The molecule has 0 aliphatic carbocycles. The van der Waals surface area contributed by atoms with Crippen molar-refractivity contribution >= 4 is 17.2 Å². The van der Waals surface area contributed by atoms with Crippen LogP contribution in [0.15, 0.2) is 17.5 Å². The maximum absolute atomic E-state index is 11.2. The standard InChI is InChI=1S/C14H20N2OS/c17-13-3-4-14(11-15-13)5-7-16(8-6-14)10-12-2-1-9-18-12/h1-2,9H,3-8,10-11H2,(H,15,17). The summed E-state index contributed by atoms with van der Waals surface area (Å²) in [5.74, 6) is 0.238. The van der Waals surface area contributed by atoms with Gasteiger partial charge in [-0.05, 0) is 49.2 Å². The molecule has 0 unspecified atom stereocenters. The van der Waals surface area contributed by atoms with Gasteiger partial charge in [-0.25, -0.2) is 0 Å². The third-order valence-electron chi connectivity index (χ3n) is 4.42. The van der Waals surface area contributed by atoms with E-state index in [2.05, 4.69) is 27.7 Å². The fourth-order valence-corrected chi connectivity index (χ4v) is 3.82. The van der Waals surface area contributed by atoms with Crippen molar-refractivity contribution in [3.8, 4) is 0 Å². The van der Waals surface area contributed by atoms with Gasteiger partial charge in [0.05, 0.1) is 0 Å². The Hall–Kier alpha value is -0.870. The summed E-state index contributed by atoms with van der Waals surface area (Å²) >= 11 is 1.85. The molecule has 4 heteroatoms. The van der Waals surface area contributed by atoms with Crippen LogP contribution in [0.3, 0.4) is 0 Å². The van der Waals surface area contributed by atoms with Crippen LogP contribution in [-0.2, 0) is 11.3 Å². The van der Waals surface area contributed by atoms with Gasteiger partial charge in [0.25, 0.3) is 0 Å². The molecule has 0 aromatic carbocycles. The zero-order valence-electron chi connectivity index (χ0n) is 10.7. The molecule has 1 amide bonds. The molecule has 18 heavy (non-hydrogen) atoms. The second-order valence-electron chi connectivity index (χ2n) is 5.63. The van der Waals surface area contributed by atoms with Gasteiger partial charge in [-0.3, -0.25) is 9.69 Å². The molecular weight excluding hydrogens is 244 g/mol. The number of hydrogen-bond acceptors (Lipinski definition) is 3. The fourth-order valence-electron chi connectivity index (χ4n) is 3.08. The Bertz CT molecular complexity index is 395. The van der Waals surface area contributed by atoms with Gasteiger partial charge in [0, 0.05) is 24.4 Å². The summed E-state index contributed by atoms with van der Waals surface area (Å²) in [5, 5.41) is 5.20. The first-order valence-electron chi connectivity index (χ1n) is 6.77. The van der Waals surface area contributed by atoms with E-state index in [1.54, 1.807) is 0 Å². The lowest BCUT2D eigenvalue weighted by molar-refractivity contribution is -0.125. The van der Waals surface area contributed by atoms with E-state index in [1.807, 2.05) is 11.3 Å². The first kappa shape index (κ1) is 12.2. The molecule has 3 rings (SSSR count). The topological polar surface area (TPSA) is 32.3 Å². The van der Waals surface area contributed by atoms with E-state index >= 15 is 0 Å². The lowest BCUT2D eigenvalue weighted by Gasteiger charge is -2.44. The largest absolute Gasteiger partial charge is 0.356 e. The number of nitrogens with one attached hydrogen (secondary N) is 1.